The van der Waals surface area contributed by atoms with Crippen LogP contribution < -0.4 is 10.6 Å². The summed E-state index contributed by atoms with van der Waals surface area (Å²) in [6.07, 6.45) is 3.77. The van der Waals surface area contributed by atoms with Gasteiger partial charge in [0, 0.05) is 36.6 Å². The molecule has 132 valence electrons. The number of amides is 1. The fourth-order valence-corrected chi connectivity index (χ4v) is 5.07. The topological polar surface area (TPSA) is 50.4 Å². The number of hydrogen-bond acceptors (Lipinski definition) is 4. The molecular weight excluding hydrogens is 320 g/mol. The van der Waals surface area contributed by atoms with E-state index in [1.54, 1.807) is 0 Å². The third kappa shape index (κ3) is 4.52. The first kappa shape index (κ1) is 17.8. The predicted octanol–water partition coefficient (Wildman–Crippen LogP) is 3.36. The van der Waals surface area contributed by atoms with Gasteiger partial charge in [0.25, 0.3) is 0 Å². The van der Waals surface area contributed by atoms with Gasteiger partial charge in [-0.1, -0.05) is 18.2 Å². The van der Waals surface area contributed by atoms with Gasteiger partial charge in [0.15, 0.2) is 0 Å². The standard InChI is InChI=1S/C19H28N2O2S/c1-14-5-3-4-6-17(14)21-18(22)11-15(2)20-16-7-9-23-19(12-16)8-10-24-13-19/h3-6,15-16,20H,7-13H2,1-2H3,(H,21,22)/t15-,16-,19-/m0/s1. The number of benzene rings is 1. The minimum absolute atomic E-state index is 0.0718. The van der Waals surface area contributed by atoms with Gasteiger partial charge in [0.1, 0.15) is 0 Å². The summed E-state index contributed by atoms with van der Waals surface area (Å²) >= 11 is 2.00. The highest BCUT2D eigenvalue weighted by Crippen LogP contribution is 2.38. The molecule has 2 heterocycles. The van der Waals surface area contributed by atoms with Gasteiger partial charge in [0.05, 0.1) is 5.60 Å². The lowest BCUT2D eigenvalue weighted by atomic mass is 9.89. The molecule has 1 spiro atoms. The maximum Gasteiger partial charge on any atom is 0.225 e. The van der Waals surface area contributed by atoms with Crippen LogP contribution in [0.5, 0.6) is 0 Å². The molecule has 1 amide bonds. The van der Waals surface area contributed by atoms with Crippen LogP contribution in [0.2, 0.25) is 0 Å². The van der Waals surface area contributed by atoms with Crippen molar-refractivity contribution in [1.82, 2.24) is 5.32 Å². The van der Waals surface area contributed by atoms with Crippen molar-refractivity contribution in [2.45, 2.75) is 57.2 Å². The molecule has 24 heavy (non-hydrogen) atoms. The van der Waals surface area contributed by atoms with Gasteiger partial charge < -0.3 is 15.4 Å². The Morgan fingerprint density at radius 1 is 1.46 bits per heavy atom. The van der Waals surface area contributed by atoms with E-state index in [1.807, 2.05) is 43.0 Å². The molecule has 2 N–H and O–H groups in total. The van der Waals surface area contributed by atoms with Crippen LogP contribution in [-0.4, -0.2) is 41.7 Å². The molecular formula is C19H28N2O2S. The molecule has 2 aliphatic heterocycles. The Bertz CT molecular complexity index is 572. The SMILES string of the molecule is Cc1ccccc1NC(=O)C[C@H](C)N[C@H]1CCO[C@@]2(CCSC2)C1. The summed E-state index contributed by atoms with van der Waals surface area (Å²) in [5.41, 5.74) is 2.09. The van der Waals surface area contributed by atoms with Crippen molar-refractivity contribution in [2.24, 2.45) is 0 Å². The number of carbonyl (C=O) groups excluding carboxylic acids is 1. The van der Waals surface area contributed by atoms with Crippen molar-refractivity contribution in [2.75, 3.05) is 23.4 Å². The number of nitrogens with one attached hydrogen (secondary N) is 2. The number of aryl methyl sites for hydroxylation is 1. The highest BCUT2D eigenvalue weighted by atomic mass is 32.2. The molecule has 5 heteroatoms. The van der Waals surface area contributed by atoms with E-state index in [1.165, 1.54) is 5.75 Å². The van der Waals surface area contributed by atoms with Crippen molar-refractivity contribution in [3.05, 3.63) is 29.8 Å². The highest BCUT2D eigenvalue weighted by molar-refractivity contribution is 7.99. The Morgan fingerprint density at radius 3 is 3.04 bits per heavy atom. The van der Waals surface area contributed by atoms with Crippen molar-refractivity contribution < 1.29 is 9.53 Å². The number of carbonyl (C=O) groups is 1. The van der Waals surface area contributed by atoms with Gasteiger partial charge in [-0.05, 0) is 50.5 Å². The van der Waals surface area contributed by atoms with Crippen molar-refractivity contribution in [1.29, 1.82) is 0 Å². The molecule has 0 unspecified atom stereocenters. The van der Waals surface area contributed by atoms with Gasteiger partial charge in [-0.25, -0.2) is 0 Å². The third-order valence-corrected chi connectivity index (χ3v) is 6.21. The fraction of sp³-hybridized carbons (Fsp3) is 0.632. The molecule has 1 aromatic rings. The first-order valence-electron chi connectivity index (χ1n) is 8.90. The number of thioether (sulfide) groups is 1. The van der Waals surface area contributed by atoms with E-state index in [-0.39, 0.29) is 17.6 Å². The van der Waals surface area contributed by atoms with Crippen LogP contribution in [-0.2, 0) is 9.53 Å². The summed E-state index contributed by atoms with van der Waals surface area (Å²) in [7, 11) is 0. The third-order valence-electron chi connectivity index (χ3n) is 4.99. The normalized spacial score (nSPS) is 28.0. The predicted molar refractivity (Wildman–Crippen MR) is 101 cm³/mol. The molecule has 0 saturated carbocycles. The first-order chi connectivity index (χ1) is 11.6. The Balaban J connectivity index is 1.47. The molecule has 3 atom stereocenters. The molecule has 2 aliphatic rings. The minimum Gasteiger partial charge on any atom is -0.374 e. The maximum absolute atomic E-state index is 12.3. The van der Waals surface area contributed by atoms with Gasteiger partial charge >= 0.3 is 0 Å². The van der Waals surface area contributed by atoms with Gasteiger partial charge in [-0.3, -0.25) is 4.79 Å². The summed E-state index contributed by atoms with van der Waals surface area (Å²) in [6, 6.07) is 8.52. The second kappa shape index (κ2) is 7.89. The van der Waals surface area contributed by atoms with Crippen LogP contribution >= 0.6 is 11.8 Å². The molecule has 2 fully saturated rings. The van der Waals surface area contributed by atoms with Crippen LogP contribution in [0.4, 0.5) is 5.69 Å². The Morgan fingerprint density at radius 2 is 2.29 bits per heavy atom. The number of hydrogen-bond donors (Lipinski definition) is 2. The summed E-state index contributed by atoms with van der Waals surface area (Å²) in [6.45, 7) is 4.95. The van der Waals surface area contributed by atoms with Gasteiger partial charge in [-0.15, -0.1) is 0 Å². The second-order valence-corrected chi connectivity index (χ2v) is 8.26. The molecule has 3 rings (SSSR count). The van der Waals surface area contributed by atoms with Crippen molar-refractivity contribution >= 4 is 23.4 Å². The van der Waals surface area contributed by atoms with E-state index in [0.29, 0.717) is 12.5 Å². The average molecular weight is 349 g/mol. The zero-order valence-electron chi connectivity index (χ0n) is 14.6. The Labute approximate surface area is 149 Å². The Kier molecular flexibility index (Phi) is 5.85. The number of rotatable bonds is 5. The molecule has 0 bridgehead atoms. The van der Waals surface area contributed by atoms with Crippen LogP contribution in [0, 0.1) is 6.92 Å². The zero-order chi connectivity index (χ0) is 17.0. The summed E-state index contributed by atoms with van der Waals surface area (Å²) in [5.74, 6) is 2.40. The largest absolute Gasteiger partial charge is 0.374 e. The number of anilines is 1. The molecule has 1 aromatic carbocycles. The quantitative estimate of drug-likeness (QED) is 0.857. The van der Waals surface area contributed by atoms with Gasteiger partial charge in [0.2, 0.25) is 5.91 Å². The van der Waals surface area contributed by atoms with Crippen molar-refractivity contribution in [3.8, 4) is 0 Å². The fourth-order valence-electron chi connectivity index (χ4n) is 3.69. The van der Waals surface area contributed by atoms with Crippen LogP contribution in [0.25, 0.3) is 0 Å². The zero-order valence-corrected chi connectivity index (χ0v) is 15.5. The van der Waals surface area contributed by atoms with E-state index < -0.39 is 0 Å². The van der Waals surface area contributed by atoms with Crippen LogP contribution in [0.1, 0.15) is 38.2 Å². The highest BCUT2D eigenvalue weighted by Gasteiger charge is 2.40. The van der Waals surface area contributed by atoms with E-state index in [4.69, 9.17) is 4.74 Å². The van der Waals surface area contributed by atoms with E-state index in [2.05, 4.69) is 17.6 Å². The lowest BCUT2D eigenvalue weighted by Crippen LogP contribution is -2.49. The number of ether oxygens (including phenoxy) is 1. The Hall–Kier alpha value is -1.04. The second-order valence-electron chi connectivity index (χ2n) is 7.16. The van der Waals surface area contributed by atoms with Gasteiger partial charge in [-0.2, -0.15) is 11.8 Å². The molecule has 0 aliphatic carbocycles. The summed E-state index contributed by atoms with van der Waals surface area (Å²) < 4.78 is 6.07. The molecule has 0 aromatic heterocycles. The maximum atomic E-state index is 12.3. The van der Waals surface area contributed by atoms with E-state index >= 15 is 0 Å². The van der Waals surface area contributed by atoms with E-state index in [0.717, 1.165) is 42.9 Å². The van der Waals surface area contributed by atoms with Crippen LogP contribution in [0.3, 0.4) is 0 Å². The average Bonchev–Trinajstić information content (AvgIpc) is 2.97. The lowest BCUT2D eigenvalue weighted by molar-refractivity contribution is -0.116. The summed E-state index contributed by atoms with van der Waals surface area (Å²) in [5, 5.41) is 6.67. The van der Waals surface area contributed by atoms with E-state index in [9.17, 15) is 4.79 Å². The number of para-hydroxylation sites is 1. The van der Waals surface area contributed by atoms with Crippen molar-refractivity contribution in [3.63, 3.8) is 0 Å². The van der Waals surface area contributed by atoms with Crippen LogP contribution in [0.15, 0.2) is 24.3 Å². The minimum atomic E-state index is 0.0718. The lowest BCUT2D eigenvalue weighted by Gasteiger charge is -2.39. The molecule has 0 radical (unpaired) electrons. The summed E-state index contributed by atoms with van der Waals surface area (Å²) in [4.78, 5) is 12.3. The smallest absolute Gasteiger partial charge is 0.225 e. The first-order valence-corrected chi connectivity index (χ1v) is 10.0. The molecule has 2 saturated heterocycles. The molecule has 4 nitrogen and oxygen atoms in total. The monoisotopic (exact) mass is 348 g/mol.